The van der Waals surface area contributed by atoms with Crippen LogP contribution in [0.2, 0.25) is 0 Å². The summed E-state index contributed by atoms with van der Waals surface area (Å²) >= 11 is 0. The van der Waals surface area contributed by atoms with Gasteiger partial charge < -0.3 is 71.3 Å². The minimum absolute atomic E-state index is 0.224. The number of hydrogen-bond donors (Lipinski definition) is 10. The fraction of sp³-hybridized carbons (Fsp3) is 0.381. The van der Waals surface area contributed by atoms with Crippen molar-refractivity contribution in [2.75, 3.05) is 46.6 Å². The van der Waals surface area contributed by atoms with Gasteiger partial charge in [-0.3, -0.25) is 9.59 Å². The van der Waals surface area contributed by atoms with Gasteiger partial charge in [0, 0.05) is 64.2 Å². The number of carbonyl (C=O) groups excluding carboxylic acids is 3. The van der Waals surface area contributed by atoms with E-state index in [2.05, 4.69) is 44.0 Å². The number of nitrogens with zero attached hydrogens (tertiary/aromatic N) is 12. The molecule has 2 saturated carbocycles. The Balaban J connectivity index is 0.744. The molecule has 4 aliphatic rings. The maximum Gasteiger partial charge on any atom is 0.315 e. The Hall–Kier alpha value is -9.79. The van der Waals surface area contributed by atoms with Gasteiger partial charge in [0.05, 0.1) is 60.1 Å². The first-order valence-electron chi connectivity index (χ1n) is 29.8. The molecule has 12 rings (SSSR count). The van der Waals surface area contributed by atoms with Crippen molar-refractivity contribution in [2.45, 2.75) is 126 Å². The summed E-state index contributed by atoms with van der Waals surface area (Å²) < 4.78 is 3.46. The molecule has 25 nitrogen and oxygen atoms in total. The molecule has 4 fully saturated rings. The highest BCUT2D eigenvalue weighted by molar-refractivity contribution is 5.86. The zero-order valence-electron chi connectivity index (χ0n) is 48.5. The van der Waals surface area contributed by atoms with Gasteiger partial charge in [0.25, 0.3) is 0 Å². The van der Waals surface area contributed by atoms with Crippen LogP contribution in [-0.4, -0.2) is 152 Å². The third kappa shape index (κ3) is 11.9. The molecule has 88 heavy (non-hydrogen) atoms. The molecule has 2 saturated heterocycles. The van der Waals surface area contributed by atoms with Gasteiger partial charge in [-0.05, 0) is 71.2 Å². The van der Waals surface area contributed by atoms with Crippen LogP contribution in [0.4, 0.5) is 28.3 Å². The van der Waals surface area contributed by atoms with Crippen LogP contribution in [0.5, 0.6) is 0 Å². The number of carbonyl (C=O) groups is 3. The quantitative estimate of drug-likeness (QED) is 0.0563. The SMILES string of the molecule is CCC(=O)N[C@H]1C[C@@H](n2cnc3c(NCc4ccc(-c5ccccc5C#N)cc4)nc(N4CC[C@@H](NC(=O)N[C@H]5CCN(c6nc(NCc7ccc(-c8ccccc8C#N)cc7)c7ncn([C@@H]8C[C@H](NC(=O)CC)[C@@H](O)[C@H]8O)c7n6)C5)C4)nc32)[C@H](O)[C@@H]1O. The zero-order valence-corrected chi connectivity index (χ0v) is 48.5. The topological polar surface area (TPSA) is 346 Å². The maximum atomic E-state index is 13.9. The van der Waals surface area contributed by atoms with Crippen LogP contribution in [0.3, 0.4) is 0 Å². The molecular formula is C63H68N18O7. The average molecular weight is 1190 g/mol. The molecule has 0 spiro atoms. The molecule has 2 aliphatic heterocycles. The Bertz CT molecular complexity index is 3720. The summed E-state index contributed by atoms with van der Waals surface area (Å²) in [6, 6.07) is 31.5. The van der Waals surface area contributed by atoms with Crippen molar-refractivity contribution in [3.63, 3.8) is 0 Å². The predicted molar refractivity (Wildman–Crippen MR) is 327 cm³/mol. The third-order valence-electron chi connectivity index (χ3n) is 17.3. The van der Waals surface area contributed by atoms with Crippen molar-refractivity contribution in [2.24, 2.45) is 0 Å². The molecule has 0 bridgehead atoms. The Labute approximate surface area is 506 Å². The summed E-state index contributed by atoms with van der Waals surface area (Å²) in [5, 5.41) is 83.3. The molecule has 4 aromatic carbocycles. The number of imidazole rings is 2. The highest BCUT2D eigenvalue weighted by Gasteiger charge is 2.45. The lowest BCUT2D eigenvalue weighted by molar-refractivity contribution is -0.123. The van der Waals surface area contributed by atoms with E-state index in [0.29, 0.717) is 109 Å². The first-order chi connectivity index (χ1) is 42.8. The van der Waals surface area contributed by atoms with Crippen LogP contribution in [0.25, 0.3) is 44.6 Å². The molecule has 0 unspecified atom stereocenters. The van der Waals surface area contributed by atoms with E-state index in [0.717, 1.165) is 33.4 Å². The van der Waals surface area contributed by atoms with E-state index in [-0.39, 0.29) is 55.6 Å². The van der Waals surface area contributed by atoms with Crippen molar-refractivity contribution >= 4 is 63.7 Å². The van der Waals surface area contributed by atoms with Crippen LogP contribution in [0.1, 0.15) is 86.7 Å². The zero-order chi connectivity index (χ0) is 61.2. The third-order valence-corrected chi connectivity index (χ3v) is 17.3. The van der Waals surface area contributed by atoms with Crippen molar-refractivity contribution in [3.8, 4) is 34.4 Å². The Kier molecular flexibility index (Phi) is 16.8. The van der Waals surface area contributed by atoms with Gasteiger partial charge in [0.15, 0.2) is 34.0 Å². The average Bonchev–Trinajstić information content (AvgIpc) is 1.87. The number of nitrogens with one attached hydrogen (secondary N) is 6. The van der Waals surface area contributed by atoms with Crippen molar-refractivity contribution in [1.29, 1.82) is 10.5 Å². The Morgan fingerprint density at radius 1 is 0.545 bits per heavy atom. The minimum Gasteiger partial charge on any atom is -0.388 e. The summed E-state index contributed by atoms with van der Waals surface area (Å²) in [4.78, 5) is 72.2. The van der Waals surface area contributed by atoms with Gasteiger partial charge >= 0.3 is 6.03 Å². The van der Waals surface area contributed by atoms with E-state index >= 15 is 0 Å². The summed E-state index contributed by atoms with van der Waals surface area (Å²) in [7, 11) is 0. The van der Waals surface area contributed by atoms with Crippen LogP contribution >= 0.6 is 0 Å². The van der Waals surface area contributed by atoms with Gasteiger partial charge in [0.2, 0.25) is 23.7 Å². The first kappa shape index (κ1) is 58.6. The van der Waals surface area contributed by atoms with Gasteiger partial charge in [0.1, 0.15) is 24.4 Å². The Morgan fingerprint density at radius 3 is 1.35 bits per heavy atom. The summed E-state index contributed by atoms with van der Waals surface area (Å²) in [6.45, 7) is 5.91. The first-order valence-corrected chi connectivity index (χ1v) is 29.8. The molecule has 452 valence electrons. The smallest absolute Gasteiger partial charge is 0.315 e. The second-order valence-electron chi connectivity index (χ2n) is 22.9. The largest absolute Gasteiger partial charge is 0.388 e. The molecule has 4 amide bonds. The summed E-state index contributed by atoms with van der Waals surface area (Å²) in [5.41, 5.74) is 8.21. The van der Waals surface area contributed by atoms with Crippen LogP contribution < -0.4 is 41.7 Å². The molecule has 25 heteroatoms. The van der Waals surface area contributed by atoms with Gasteiger partial charge in [-0.1, -0.05) is 98.8 Å². The van der Waals surface area contributed by atoms with Crippen molar-refractivity contribution in [1.82, 2.24) is 60.3 Å². The summed E-state index contributed by atoms with van der Waals surface area (Å²) in [5.74, 6) is 1.12. The molecule has 4 aromatic heterocycles. The van der Waals surface area contributed by atoms with Gasteiger partial charge in [-0.2, -0.15) is 30.5 Å². The van der Waals surface area contributed by atoms with Crippen molar-refractivity contribution < 1.29 is 34.8 Å². The van der Waals surface area contributed by atoms with E-state index in [4.69, 9.17) is 29.9 Å². The van der Waals surface area contributed by atoms with E-state index < -0.39 is 48.6 Å². The fourth-order valence-corrected chi connectivity index (χ4v) is 12.5. The summed E-state index contributed by atoms with van der Waals surface area (Å²) in [6.07, 6.45) is 0.310. The number of nitriles is 2. The van der Waals surface area contributed by atoms with E-state index in [1.807, 2.05) is 94.7 Å². The highest BCUT2D eigenvalue weighted by atomic mass is 16.3. The molecule has 10 atom stereocenters. The fourth-order valence-electron chi connectivity index (χ4n) is 12.5. The predicted octanol–water partition coefficient (Wildman–Crippen LogP) is 4.55. The van der Waals surface area contributed by atoms with Crippen LogP contribution in [-0.2, 0) is 22.7 Å². The second-order valence-corrected chi connectivity index (χ2v) is 22.9. The molecule has 10 N–H and O–H groups in total. The number of aliphatic hydroxyl groups excluding tert-OH is 4. The Morgan fingerprint density at radius 2 is 0.955 bits per heavy atom. The molecule has 6 heterocycles. The number of anilines is 4. The number of aliphatic hydroxyl groups is 4. The number of aromatic nitrogens is 8. The maximum absolute atomic E-state index is 13.9. The number of benzene rings is 4. The lowest BCUT2D eigenvalue weighted by atomic mass is 9.99. The lowest BCUT2D eigenvalue weighted by Gasteiger charge is -2.21. The molecule has 8 aromatic rings. The normalized spacial score (nSPS) is 23.2. The van der Waals surface area contributed by atoms with Gasteiger partial charge in [-0.25, -0.2) is 14.8 Å². The number of urea groups is 1. The molecular weight excluding hydrogens is 1120 g/mol. The standard InChI is InChI=1S/C63H68N18O7/c1-3-49(82)72-45-25-47(55(86)53(45)84)80-33-68-51-57(66-29-35-13-17-37(18-14-35)43-11-7-5-9-39(43)27-64)74-61(76-59(51)80)78-23-21-41(31-78)70-63(88)71-42-22-24-79(32-42)62-75-58(67-30-36-15-19-38(20-16-36)44-12-8-6-10-40(44)28-65)52-60(77-62)81(34-69-52)48-26-46(54(85)56(48)87)73-50(83)4-2/h5-20,33-34,41-42,45-48,53-56,84-87H,3-4,21-26,29-32H2,1-2H3,(H,72,82)(H,73,83)(H,66,74,76)(H,67,75,77)(H2,70,71,88)/t41-,42+,45-,46-,47+,48+,53+,54+,55-,56-/m0/s1. The van der Waals surface area contributed by atoms with E-state index in [9.17, 15) is 45.3 Å². The van der Waals surface area contributed by atoms with E-state index in [1.54, 1.807) is 47.8 Å². The second kappa shape index (κ2) is 25.3. The number of amides is 4. The number of rotatable bonds is 18. The lowest BCUT2D eigenvalue weighted by Crippen LogP contribution is -2.48. The van der Waals surface area contributed by atoms with Crippen LogP contribution in [0.15, 0.2) is 110 Å². The highest BCUT2D eigenvalue weighted by Crippen LogP contribution is 2.38. The van der Waals surface area contributed by atoms with E-state index in [1.165, 1.54) is 0 Å². The molecule has 0 radical (unpaired) electrons. The molecule has 2 aliphatic carbocycles. The van der Waals surface area contributed by atoms with Gasteiger partial charge in [-0.15, -0.1) is 0 Å². The number of fused-ring (bicyclic) bond motifs is 2. The monoisotopic (exact) mass is 1190 g/mol. The van der Waals surface area contributed by atoms with Crippen molar-refractivity contribution in [3.05, 3.63) is 132 Å². The number of hydrogen-bond acceptors (Lipinski definition) is 19. The minimum atomic E-state index is -1.23. The van der Waals surface area contributed by atoms with Crippen LogP contribution in [0, 0.1) is 22.7 Å².